The van der Waals surface area contributed by atoms with Crippen molar-refractivity contribution in [1.29, 1.82) is 0 Å². The van der Waals surface area contributed by atoms with Gasteiger partial charge in [0.2, 0.25) is 0 Å². The van der Waals surface area contributed by atoms with Crippen LogP contribution >= 0.6 is 0 Å². The molecule has 0 amide bonds. The van der Waals surface area contributed by atoms with E-state index in [4.69, 9.17) is 0 Å². The molecule has 10 unspecified atom stereocenters. The lowest BCUT2D eigenvalue weighted by Gasteiger charge is -2.46. The molecule has 0 N–H and O–H groups in total. The SMILES string of the molecule is CCC(CC)CC1CC([Si](C)(C)C2CC(CC)C3CCCCC32)C2CC3CCCC3CC12. The van der Waals surface area contributed by atoms with Crippen LogP contribution in [-0.4, -0.2) is 8.07 Å². The summed E-state index contributed by atoms with van der Waals surface area (Å²) in [6.45, 7) is 13.3. The van der Waals surface area contributed by atoms with Gasteiger partial charge in [-0.15, -0.1) is 0 Å². The van der Waals surface area contributed by atoms with E-state index < -0.39 is 8.07 Å². The number of rotatable bonds is 7. The first-order chi connectivity index (χ1) is 15.5. The van der Waals surface area contributed by atoms with Crippen LogP contribution in [0.2, 0.25) is 24.2 Å². The molecular formula is C31H56Si. The second kappa shape index (κ2) is 9.70. The van der Waals surface area contributed by atoms with Crippen LogP contribution in [0.25, 0.3) is 0 Å². The van der Waals surface area contributed by atoms with Crippen molar-refractivity contribution < 1.29 is 0 Å². The average Bonchev–Trinajstić information content (AvgIpc) is 3.51. The second-order valence-electron chi connectivity index (χ2n) is 14.2. The molecule has 10 atom stereocenters. The van der Waals surface area contributed by atoms with Crippen LogP contribution < -0.4 is 0 Å². The molecule has 5 saturated carbocycles. The Kier molecular flexibility index (Phi) is 7.25. The van der Waals surface area contributed by atoms with Crippen molar-refractivity contribution in [3.63, 3.8) is 0 Å². The minimum absolute atomic E-state index is 1.00. The van der Waals surface area contributed by atoms with Crippen molar-refractivity contribution in [2.75, 3.05) is 0 Å². The summed E-state index contributed by atoms with van der Waals surface area (Å²) in [7, 11) is -1.27. The highest BCUT2D eigenvalue weighted by Gasteiger charge is 2.58. The molecule has 32 heavy (non-hydrogen) atoms. The Hall–Kier alpha value is 0.217. The van der Waals surface area contributed by atoms with Crippen molar-refractivity contribution in [2.24, 2.45) is 53.3 Å². The predicted molar refractivity (Wildman–Crippen MR) is 143 cm³/mol. The first-order valence-electron chi connectivity index (χ1n) is 15.5. The summed E-state index contributed by atoms with van der Waals surface area (Å²) >= 11 is 0. The normalized spacial score (nSPS) is 46.3. The monoisotopic (exact) mass is 456 g/mol. The van der Waals surface area contributed by atoms with Gasteiger partial charge in [0, 0.05) is 0 Å². The molecule has 0 bridgehead atoms. The first-order valence-corrected chi connectivity index (χ1v) is 18.6. The highest BCUT2D eigenvalue weighted by atomic mass is 28.3. The molecular weight excluding hydrogens is 400 g/mol. The topological polar surface area (TPSA) is 0 Å². The summed E-state index contributed by atoms with van der Waals surface area (Å²) in [5, 5.41) is 0. The Morgan fingerprint density at radius 3 is 1.88 bits per heavy atom. The number of fused-ring (bicyclic) bond motifs is 3. The second-order valence-corrected chi connectivity index (χ2v) is 19.3. The maximum atomic E-state index is 2.93. The van der Waals surface area contributed by atoms with Gasteiger partial charge in [-0.2, -0.15) is 0 Å². The quantitative estimate of drug-likeness (QED) is 0.334. The van der Waals surface area contributed by atoms with Gasteiger partial charge in [-0.1, -0.05) is 91.7 Å². The molecule has 5 rings (SSSR count). The Labute approximate surface area is 202 Å². The molecule has 0 spiro atoms. The van der Waals surface area contributed by atoms with Gasteiger partial charge in [0.15, 0.2) is 0 Å². The zero-order valence-electron chi connectivity index (χ0n) is 22.5. The van der Waals surface area contributed by atoms with Crippen LogP contribution in [0.3, 0.4) is 0 Å². The van der Waals surface area contributed by atoms with Crippen LogP contribution in [0.15, 0.2) is 0 Å². The van der Waals surface area contributed by atoms with Crippen molar-refractivity contribution in [1.82, 2.24) is 0 Å². The fourth-order valence-corrected chi connectivity index (χ4v) is 16.6. The highest BCUT2D eigenvalue weighted by Crippen LogP contribution is 2.66. The van der Waals surface area contributed by atoms with Gasteiger partial charge in [0.05, 0.1) is 8.07 Å². The Bertz CT molecular complexity index is 620. The van der Waals surface area contributed by atoms with Gasteiger partial charge >= 0.3 is 0 Å². The van der Waals surface area contributed by atoms with Crippen LogP contribution in [-0.2, 0) is 0 Å². The Morgan fingerprint density at radius 1 is 0.625 bits per heavy atom. The molecule has 0 nitrogen and oxygen atoms in total. The van der Waals surface area contributed by atoms with Gasteiger partial charge in [0.25, 0.3) is 0 Å². The third-order valence-corrected chi connectivity index (χ3v) is 18.1. The smallest absolute Gasteiger partial charge is 0.0541 e. The first kappa shape index (κ1) is 23.9. The van der Waals surface area contributed by atoms with Crippen LogP contribution in [0, 0.1) is 53.3 Å². The summed E-state index contributed by atoms with van der Waals surface area (Å²) in [4.78, 5) is 0. The summed E-state index contributed by atoms with van der Waals surface area (Å²) < 4.78 is 0. The zero-order chi connectivity index (χ0) is 22.5. The highest BCUT2D eigenvalue weighted by molar-refractivity contribution is 6.80. The van der Waals surface area contributed by atoms with Gasteiger partial charge in [-0.3, -0.25) is 0 Å². The zero-order valence-corrected chi connectivity index (χ0v) is 23.5. The molecule has 1 heteroatoms. The maximum Gasteiger partial charge on any atom is 0.0541 e. The Morgan fingerprint density at radius 2 is 1.22 bits per heavy atom. The summed E-state index contributed by atoms with van der Waals surface area (Å²) in [5.41, 5.74) is 2.33. The van der Waals surface area contributed by atoms with Crippen molar-refractivity contribution >= 4 is 8.07 Å². The van der Waals surface area contributed by atoms with E-state index in [9.17, 15) is 0 Å². The van der Waals surface area contributed by atoms with Gasteiger partial charge in [-0.05, 0) is 103 Å². The van der Waals surface area contributed by atoms with E-state index in [-0.39, 0.29) is 0 Å². The van der Waals surface area contributed by atoms with E-state index in [1.54, 1.807) is 77.0 Å². The molecule has 184 valence electrons. The molecule has 5 aliphatic carbocycles. The van der Waals surface area contributed by atoms with Crippen molar-refractivity contribution in [3.05, 3.63) is 0 Å². The van der Waals surface area contributed by atoms with E-state index in [0.29, 0.717) is 0 Å². The number of hydrogen-bond donors (Lipinski definition) is 0. The largest absolute Gasteiger partial charge is 0.0689 e. The minimum atomic E-state index is -1.27. The third kappa shape index (κ3) is 4.11. The Balaban J connectivity index is 1.40. The van der Waals surface area contributed by atoms with Gasteiger partial charge in [0.1, 0.15) is 0 Å². The number of hydrogen-bond acceptors (Lipinski definition) is 0. The van der Waals surface area contributed by atoms with E-state index in [1.807, 2.05) is 0 Å². The van der Waals surface area contributed by atoms with Crippen LogP contribution in [0.1, 0.15) is 117 Å². The van der Waals surface area contributed by atoms with E-state index in [2.05, 4.69) is 33.9 Å². The molecule has 5 fully saturated rings. The minimum Gasteiger partial charge on any atom is -0.0689 e. The molecule has 0 aromatic heterocycles. The molecule has 5 aliphatic rings. The summed E-state index contributed by atoms with van der Waals surface area (Å²) in [6, 6.07) is 0. The molecule has 0 aromatic carbocycles. The standard InChI is InChI=1S/C31H56Si/c1-6-21(7-2)16-25-20-31(29-18-24-13-11-12-23(24)17-28(25)29)32(4,5)30-19-22(8-3)26-14-9-10-15-27(26)30/h21-31H,6-20H2,1-5H3. The van der Waals surface area contributed by atoms with E-state index in [1.165, 1.54) is 19.3 Å². The molecule has 0 radical (unpaired) electrons. The molecule has 0 saturated heterocycles. The van der Waals surface area contributed by atoms with Crippen molar-refractivity contribution in [2.45, 2.75) is 141 Å². The maximum absolute atomic E-state index is 2.93. The predicted octanol–water partition coefficient (Wildman–Crippen LogP) is 9.96. The molecule has 0 heterocycles. The average molecular weight is 457 g/mol. The third-order valence-electron chi connectivity index (χ3n) is 13.0. The summed E-state index contributed by atoms with van der Waals surface area (Å²) in [5.74, 6) is 9.95. The summed E-state index contributed by atoms with van der Waals surface area (Å²) in [6.07, 6.45) is 23.5. The lowest BCUT2D eigenvalue weighted by molar-refractivity contribution is 0.119. The lowest BCUT2D eigenvalue weighted by atomic mass is 9.67. The van der Waals surface area contributed by atoms with E-state index in [0.717, 1.165) is 64.3 Å². The lowest BCUT2D eigenvalue weighted by Crippen LogP contribution is -2.44. The van der Waals surface area contributed by atoms with Crippen LogP contribution in [0.5, 0.6) is 0 Å². The van der Waals surface area contributed by atoms with Crippen molar-refractivity contribution in [3.8, 4) is 0 Å². The van der Waals surface area contributed by atoms with Crippen LogP contribution in [0.4, 0.5) is 0 Å². The molecule has 0 aromatic rings. The van der Waals surface area contributed by atoms with Gasteiger partial charge in [-0.25, -0.2) is 0 Å². The van der Waals surface area contributed by atoms with Gasteiger partial charge < -0.3 is 0 Å². The fourth-order valence-electron chi connectivity index (χ4n) is 11.2. The fraction of sp³-hybridized carbons (Fsp3) is 1.00. The van der Waals surface area contributed by atoms with E-state index >= 15 is 0 Å². The molecule has 0 aliphatic heterocycles.